The number of primary amides is 1. The lowest BCUT2D eigenvalue weighted by Crippen LogP contribution is -2.50. The van der Waals surface area contributed by atoms with Gasteiger partial charge in [-0.15, -0.1) is 0 Å². The molecule has 7 heteroatoms. The van der Waals surface area contributed by atoms with Gasteiger partial charge in [-0.1, -0.05) is 13.3 Å². The molecule has 7 nitrogen and oxygen atoms in total. The molecule has 0 rings (SSSR count). The number of carbonyl (C=O) groups excluding carboxylic acids is 3. The van der Waals surface area contributed by atoms with Crippen LogP contribution in [0, 0.1) is 0 Å². The van der Waals surface area contributed by atoms with Gasteiger partial charge >= 0.3 is 5.97 Å². The van der Waals surface area contributed by atoms with E-state index in [1.165, 1.54) is 14.0 Å². The van der Waals surface area contributed by atoms with Gasteiger partial charge in [0.25, 0.3) is 0 Å². The molecule has 0 bridgehead atoms. The highest BCUT2D eigenvalue weighted by molar-refractivity contribution is 5.83. The first kappa shape index (κ1) is 17.4. The van der Waals surface area contributed by atoms with Crippen LogP contribution in [-0.4, -0.2) is 55.5 Å². The van der Waals surface area contributed by atoms with Crippen molar-refractivity contribution in [2.75, 3.05) is 26.7 Å². The lowest BCUT2D eigenvalue weighted by molar-refractivity contribution is -0.145. The number of esters is 1. The summed E-state index contributed by atoms with van der Waals surface area (Å²) < 4.78 is 4.63. The Kier molecular flexibility index (Phi) is 8.52. The highest BCUT2D eigenvalue weighted by Gasteiger charge is 2.23. The zero-order chi connectivity index (χ0) is 14.8. The van der Waals surface area contributed by atoms with Crippen molar-refractivity contribution in [3.05, 3.63) is 0 Å². The summed E-state index contributed by atoms with van der Waals surface area (Å²) in [6, 6.07) is -0.793. The fourth-order valence-corrected chi connectivity index (χ4v) is 1.66. The van der Waals surface area contributed by atoms with Gasteiger partial charge in [0.2, 0.25) is 11.8 Å². The van der Waals surface area contributed by atoms with E-state index in [2.05, 4.69) is 10.1 Å². The third-order valence-electron chi connectivity index (χ3n) is 2.51. The molecule has 0 fully saturated rings. The van der Waals surface area contributed by atoms with Crippen molar-refractivity contribution in [2.24, 2.45) is 5.73 Å². The average molecular weight is 273 g/mol. The van der Waals surface area contributed by atoms with E-state index in [0.717, 1.165) is 12.8 Å². The molecule has 0 heterocycles. The number of hydrogen-bond acceptors (Lipinski definition) is 5. The molecule has 0 aliphatic rings. The molecule has 0 aliphatic carbocycles. The van der Waals surface area contributed by atoms with E-state index in [9.17, 15) is 14.4 Å². The van der Waals surface area contributed by atoms with Crippen molar-refractivity contribution in [3.8, 4) is 0 Å². The number of rotatable bonds is 9. The van der Waals surface area contributed by atoms with Crippen LogP contribution in [0.2, 0.25) is 0 Å². The minimum absolute atomic E-state index is 0.0487. The smallest absolute Gasteiger partial charge is 0.329 e. The van der Waals surface area contributed by atoms with Gasteiger partial charge in [0.15, 0.2) is 0 Å². The van der Waals surface area contributed by atoms with Gasteiger partial charge in [0.05, 0.1) is 13.7 Å². The second-order valence-corrected chi connectivity index (χ2v) is 4.33. The van der Waals surface area contributed by atoms with Gasteiger partial charge in [-0.3, -0.25) is 14.5 Å². The molecule has 1 unspecified atom stereocenters. The number of amides is 2. The Labute approximate surface area is 113 Å². The summed E-state index contributed by atoms with van der Waals surface area (Å²) in [5.41, 5.74) is 5.17. The lowest BCUT2D eigenvalue weighted by atomic mass is 10.2. The molecule has 0 radical (unpaired) electrons. The number of hydrogen-bond donors (Lipinski definition) is 2. The van der Waals surface area contributed by atoms with Gasteiger partial charge in [0, 0.05) is 13.5 Å². The lowest BCUT2D eigenvalue weighted by Gasteiger charge is -2.25. The average Bonchev–Trinajstić information content (AvgIpc) is 2.32. The summed E-state index contributed by atoms with van der Waals surface area (Å²) in [5, 5.41) is 2.50. The van der Waals surface area contributed by atoms with E-state index in [-0.39, 0.29) is 19.0 Å². The highest BCUT2D eigenvalue weighted by Crippen LogP contribution is 1.99. The number of methoxy groups -OCH3 is 1. The van der Waals surface area contributed by atoms with Crippen LogP contribution >= 0.6 is 0 Å². The minimum atomic E-state index is -0.793. The second-order valence-electron chi connectivity index (χ2n) is 4.33. The largest absolute Gasteiger partial charge is 0.467 e. The number of carbonyl (C=O) groups is 3. The number of ether oxygens (including phenoxy) is 1. The molecule has 110 valence electrons. The third kappa shape index (κ3) is 8.15. The van der Waals surface area contributed by atoms with Crippen molar-refractivity contribution in [2.45, 2.75) is 32.7 Å². The molecule has 0 spiro atoms. The van der Waals surface area contributed by atoms with E-state index >= 15 is 0 Å². The van der Waals surface area contributed by atoms with Crippen LogP contribution in [-0.2, 0) is 19.1 Å². The Morgan fingerprint density at radius 3 is 2.42 bits per heavy atom. The Morgan fingerprint density at radius 1 is 1.37 bits per heavy atom. The predicted octanol–water partition coefficient (Wildman–Crippen LogP) is -0.748. The quantitative estimate of drug-likeness (QED) is 0.538. The molecule has 3 N–H and O–H groups in total. The first-order valence-corrected chi connectivity index (χ1v) is 6.26. The zero-order valence-corrected chi connectivity index (χ0v) is 11.8. The summed E-state index contributed by atoms with van der Waals surface area (Å²) in [7, 11) is 1.25. The summed E-state index contributed by atoms with van der Waals surface area (Å²) in [4.78, 5) is 35.4. The summed E-state index contributed by atoms with van der Waals surface area (Å²) >= 11 is 0. The monoisotopic (exact) mass is 273 g/mol. The molecular formula is C12H23N3O4. The number of nitrogens with zero attached hydrogens (tertiary/aromatic N) is 1. The van der Waals surface area contributed by atoms with Crippen molar-refractivity contribution in [1.29, 1.82) is 0 Å². The summed E-state index contributed by atoms with van der Waals surface area (Å²) in [5.74, 6) is -1.34. The number of nitrogens with one attached hydrogen (secondary N) is 1. The minimum Gasteiger partial charge on any atom is -0.467 e. The maximum atomic E-state index is 11.6. The van der Waals surface area contributed by atoms with E-state index in [0.29, 0.717) is 6.54 Å². The SMILES string of the molecule is CCCCN(CC(N)=O)CC(NC(C)=O)C(=O)OC. The van der Waals surface area contributed by atoms with E-state index in [1.807, 2.05) is 6.92 Å². The number of unbranched alkanes of at least 4 members (excludes halogenated alkanes) is 1. The van der Waals surface area contributed by atoms with Crippen LogP contribution in [0.5, 0.6) is 0 Å². The molecule has 0 saturated heterocycles. The zero-order valence-electron chi connectivity index (χ0n) is 11.8. The Bertz CT molecular complexity index is 320. The van der Waals surface area contributed by atoms with Gasteiger partial charge in [0.1, 0.15) is 6.04 Å². The van der Waals surface area contributed by atoms with Crippen LogP contribution in [0.15, 0.2) is 0 Å². The van der Waals surface area contributed by atoms with E-state index < -0.39 is 17.9 Å². The molecular weight excluding hydrogens is 250 g/mol. The van der Waals surface area contributed by atoms with Crippen molar-refractivity contribution >= 4 is 17.8 Å². The molecule has 2 amide bonds. The van der Waals surface area contributed by atoms with Gasteiger partial charge < -0.3 is 15.8 Å². The van der Waals surface area contributed by atoms with Gasteiger partial charge in [-0.05, 0) is 13.0 Å². The standard InChI is InChI=1S/C12H23N3O4/c1-4-5-6-15(8-11(13)17)7-10(12(18)19-3)14-9(2)16/h10H,4-8H2,1-3H3,(H2,13,17)(H,14,16). The molecule has 0 saturated carbocycles. The fourth-order valence-electron chi connectivity index (χ4n) is 1.66. The molecule has 0 aromatic heterocycles. The maximum Gasteiger partial charge on any atom is 0.329 e. The van der Waals surface area contributed by atoms with Crippen LogP contribution in [0.1, 0.15) is 26.7 Å². The van der Waals surface area contributed by atoms with Gasteiger partial charge in [-0.2, -0.15) is 0 Å². The Morgan fingerprint density at radius 2 is 2.00 bits per heavy atom. The maximum absolute atomic E-state index is 11.6. The van der Waals surface area contributed by atoms with Crippen LogP contribution < -0.4 is 11.1 Å². The predicted molar refractivity (Wildman–Crippen MR) is 70.2 cm³/mol. The molecule has 1 atom stereocenters. The van der Waals surface area contributed by atoms with Crippen molar-refractivity contribution < 1.29 is 19.1 Å². The molecule has 0 aliphatic heterocycles. The topological polar surface area (TPSA) is 102 Å². The second kappa shape index (κ2) is 9.32. The summed E-state index contributed by atoms with van der Waals surface area (Å²) in [6.45, 7) is 4.23. The molecule has 0 aromatic rings. The van der Waals surface area contributed by atoms with Crippen LogP contribution in [0.3, 0.4) is 0 Å². The Hall–Kier alpha value is -1.63. The third-order valence-corrected chi connectivity index (χ3v) is 2.51. The summed E-state index contributed by atoms with van der Waals surface area (Å²) in [6.07, 6.45) is 1.83. The van der Waals surface area contributed by atoms with Crippen LogP contribution in [0.25, 0.3) is 0 Å². The normalized spacial score (nSPS) is 12.0. The number of nitrogens with two attached hydrogens (primary N) is 1. The van der Waals surface area contributed by atoms with E-state index in [1.54, 1.807) is 4.90 Å². The molecule has 19 heavy (non-hydrogen) atoms. The first-order valence-electron chi connectivity index (χ1n) is 6.26. The van der Waals surface area contributed by atoms with Crippen molar-refractivity contribution in [3.63, 3.8) is 0 Å². The van der Waals surface area contributed by atoms with Gasteiger partial charge in [-0.25, -0.2) is 4.79 Å². The Balaban J connectivity index is 4.64. The van der Waals surface area contributed by atoms with Crippen LogP contribution in [0.4, 0.5) is 0 Å². The van der Waals surface area contributed by atoms with E-state index in [4.69, 9.17) is 5.73 Å². The van der Waals surface area contributed by atoms with Crippen molar-refractivity contribution in [1.82, 2.24) is 10.2 Å². The first-order chi connectivity index (χ1) is 8.90. The fraction of sp³-hybridized carbons (Fsp3) is 0.750. The highest BCUT2D eigenvalue weighted by atomic mass is 16.5. The molecule has 0 aromatic carbocycles.